The van der Waals surface area contributed by atoms with E-state index in [2.05, 4.69) is 53.7 Å². The molecule has 1 heteroatoms. The van der Waals surface area contributed by atoms with Crippen molar-refractivity contribution in [2.24, 2.45) is 5.92 Å². The van der Waals surface area contributed by atoms with Gasteiger partial charge in [0.1, 0.15) is 0 Å². The molecule has 0 aliphatic rings. The summed E-state index contributed by atoms with van der Waals surface area (Å²) in [4.78, 5) is 0. The number of aliphatic hydroxyl groups is 1. The van der Waals surface area contributed by atoms with Crippen molar-refractivity contribution in [3.05, 3.63) is 34.4 Å². The fourth-order valence-corrected chi connectivity index (χ4v) is 2.38. The summed E-state index contributed by atoms with van der Waals surface area (Å²) in [6, 6.07) is 4.62. The third-order valence-electron chi connectivity index (χ3n) is 3.89. The van der Waals surface area contributed by atoms with Crippen molar-refractivity contribution in [2.75, 3.05) is 6.61 Å². The Morgan fingerprint density at radius 1 is 1.11 bits per heavy atom. The van der Waals surface area contributed by atoms with Crippen LogP contribution in [0, 0.1) is 19.8 Å². The van der Waals surface area contributed by atoms with E-state index in [-0.39, 0.29) is 12.0 Å². The van der Waals surface area contributed by atoms with E-state index in [0.29, 0.717) is 5.92 Å². The molecule has 0 bridgehead atoms. The van der Waals surface area contributed by atoms with Crippen LogP contribution in [0.3, 0.4) is 0 Å². The Bertz CT molecular complexity index is 372. The van der Waals surface area contributed by atoms with E-state index >= 15 is 0 Å². The van der Waals surface area contributed by atoms with Gasteiger partial charge >= 0.3 is 0 Å². The number of hydrogen-bond acceptors (Lipinski definition) is 1. The summed E-state index contributed by atoms with van der Waals surface area (Å²) in [7, 11) is 0. The second-order valence-electron chi connectivity index (χ2n) is 6.50. The van der Waals surface area contributed by atoms with Gasteiger partial charge in [-0.3, -0.25) is 0 Å². The number of benzene rings is 1. The highest BCUT2D eigenvalue weighted by Gasteiger charge is 2.17. The topological polar surface area (TPSA) is 20.2 Å². The molecule has 0 aliphatic heterocycles. The maximum atomic E-state index is 9.35. The predicted octanol–water partition coefficient (Wildman–Crippen LogP) is 4.16. The van der Waals surface area contributed by atoms with Crippen LogP contribution in [0.5, 0.6) is 0 Å². The lowest BCUT2D eigenvalue weighted by Crippen LogP contribution is -2.14. The van der Waals surface area contributed by atoms with Crippen LogP contribution in [0.15, 0.2) is 12.1 Å². The normalized spacial score (nSPS) is 13.7. The van der Waals surface area contributed by atoms with Gasteiger partial charge in [-0.15, -0.1) is 0 Å². The van der Waals surface area contributed by atoms with Gasteiger partial charge in [0.25, 0.3) is 0 Å². The molecule has 1 rings (SSSR count). The molecular weight excluding hydrogens is 220 g/mol. The molecule has 1 aromatic rings. The predicted molar refractivity (Wildman–Crippen MR) is 79.2 cm³/mol. The van der Waals surface area contributed by atoms with Crippen LogP contribution in [0.1, 0.15) is 56.4 Å². The zero-order valence-electron chi connectivity index (χ0n) is 12.8. The molecule has 1 aromatic carbocycles. The maximum Gasteiger partial charge on any atom is 0.0462 e. The molecule has 18 heavy (non-hydrogen) atoms. The minimum absolute atomic E-state index is 0.204. The lowest BCUT2D eigenvalue weighted by atomic mass is 9.82. The third kappa shape index (κ3) is 3.58. The fourth-order valence-electron chi connectivity index (χ4n) is 2.38. The molecule has 1 N–H and O–H groups in total. The Kier molecular flexibility index (Phi) is 4.98. The van der Waals surface area contributed by atoms with E-state index in [1.165, 1.54) is 22.3 Å². The first-order valence-electron chi connectivity index (χ1n) is 7.01. The van der Waals surface area contributed by atoms with Gasteiger partial charge in [0.2, 0.25) is 0 Å². The Morgan fingerprint density at radius 2 is 1.61 bits per heavy atom. The standard InChI is InChI=1S/C17H28O/c1-7-14(11-18)10-16-12(2)8-15(9-13(16)3)17(4,5)6/h8-9,14,18H,7,10-11H2,1-6H3. The van der Waals surface area contributed by atoms with Crippen LogP contribution in [-0.4, -0.2) is 11.7 Å². The minimum Gasteiger partial charge on any atom is -0.396 e. The summed E-state index contributed by atoms with van der Waals surface area (Å²) in [6.45, 7) is 13.6. The van der Waals surface area contributed by atoms with Crippen molar-refractivity contribution in [3.8, 4) is 0 Å². The Morgan fingerprint density at radius 3 is 1.94 bits per heavy atom. The zero-order chi connectivity index (χ0) is 13.9. The smallest absolute Gasteiger partial charge is 0.0462 e. The van der Waals surface area contributed by atoms with Crippen LogP contribution in [-0.2, 0) is 11.8 Å². The average Bonchev–Trinajstić information content (AvgIpc) is 2.27. The highest BCUT2D eigenvalue weighted by Crippen LogP contribution is 2.28. The highest BCUT2D eigenvalue weighted by molar-refractivity contribution is 5.40. The van der Waals surface area contributed by atoms with Crippen LogP contribution in [0.2, 0.25) is 0 Å². The van der Waals surface area contributed by atoms with Gasteiger partial charge in [0.15, 0.2) is 0 Å². The third-order valence-corrected chi connectivity index (χ3v) is 3.89. The first-order valence-corrected chi connectivity index (χ1v) is 7.01. The molecule has 0 saturated heterocycles. The monoisotopic (exact) mass is 248 g/mol. The largest absolute Gasteiger partial charge is 0.396 e. The van der Waals surface area contributed by atoms with Crippen LogP contribution < -0.4 is 0 Å². The van der Waals surface area contributed by atoms with Crippen molar-refractivity contribution in [1.82, 2.24) is 0 Å². The quantitative estimate of drug-likeness (QED) is 0.848. The van der Waals surface area contributed by atoms with Crippen molar-refractivity contribution in [1.29, 1.82) is 0 Å². The van der Waals surface area contributed by atoms with Crippen LogP contribution >= 0.6 is 0 Å². The molecule has 1 nitrogen and oxygen atoms in total. The molecule has 0 amide bonds. The lowest BCUT2D eigenvalue weighted by molar-refractivity contribution is 0.222. The van der Waals surface area contributed by atoms with Gasteiger partial charge in [0.05, 0.1) is 0 Å². The summed E-state index contributed by atoms with van der Waals surface area (Å²) in [6.07, 6.45) is 2.03. The van der Waals surface area contributed by atoms with Gasteiger partial charge < -0.3 is 5.11 Å². The van der Waals surface area contributed by atoms with E-state index in [9.17, 15) is 5.11 Å². The summed E-state index contributed by atoms with van der Waals surface area (Å²) in [5.74, 6) is 0.392. The van der Waals surface area contributed by atoms with E-state index < -0.39 is 0 Å². The summed E-state index contributed by atoms with van der Waals surface area (Å²) in [5, 5.41) is 9.35. The first-order chi connectivity index (χ1) is 8.29. The lowest BCUT2D eigenvalue weighted by Gasteiger charge is -2.23. The molecule has 0 fully saturated rings. The van der Waals surface area contributed by atoms with Gasteiger partial charge in [-0.1, -0.05) is 46.2 Å². The van der Waals surface area contributed by atoms with Crippen LogP contribution in [0.25, 0.3) is 0 Å². The average molecular weight is 248 g/mol. The van der Waals surface area contributed by atoms with Crippen molar-refractivity contribution >= 4 is 0 Å². The van der Waals surface area contributed by atoms with E-state index in [1.807, 2.05) is 0 Å². The number of aliphatic hydroxyl groups excluding tert-OH is 1. The van der Waals surface area contributed by atoms with Crippen molar-refractivity contribution < 1.29 is 5.11 Å². The van der Waals surface area contributed by atoms with Crippen molar-refractivity contribution in [2.45, 2.75) is 59.8 Å². The van der Waals surface area contributed by atoms with Crippen molar-refractivity contribution in [3.63, 3.8) is 0 Å². The summed E-state index contributed by atoms with van der Waals surface area (Å²) in [5.41, 5.74) is 5.76. The number of hydrogen-bond donors (Lipinski definition) is 1. The number of rotatable bonds is 4. The van der Waals surface area contributed by atoms with Crippen LogP contribution in [0.4, 0.5) is 0 Å². The summed E-state index contributed by atoms with van der Waals surface area (Å²) >= 11 is 0. The molecule has 0 spiro atoms. The minimum atomic E-state index is 0.204. The molecule has 0 heterocycles. The Balaban J connectivity index is 3.09. The van der Waals surface area contributed by atoms with Gasteiger partial charge in [0, 0.05) is 6.61 Å². The highest BCUT2D eigenvalue weighted by atomic mass is 16.3. The number of aryl methyl sites for hydroxylation is 2. The second kappa shape index (κ2) is 5.88. The molecular formula is C17H28O. The molecule has 1 unspecified atom stereocenters. The Hall–Kier alpha value is -0.820. The van der Waals surface area contributed by atoms with Gasteiger partial charge in [-0.25, -0.2) is 0 Å². The van der Waals surface area contributed by atoms with Gasteiger partial charge in [-0.05, 0) is 53.9 Å². The van der Waals surface area contributed by atoms with Gasteiger partial charge in [-0.2, -0.15) is 0 Å². The zero-order valence-corrected chi connectivity index (χ0v) is 12.8. The molecule has 0 aromatic heterocycles. The maximum absolute atomic E-state index is 9.35. The summed E-state index contributed by atoms with van der Waals surface area (Å²) < 4.78 is 0. The Labute approximate surface area is 112 Å². The molecule has 0 radical (unpaired) electrons. The van der Waals surface area contributed by atoms with E-state index in [1.54, 1.807) is 0 Å². The fraction of sp³-hybridized carbons (Fsp3) is 0.647. The SMILES string of the molecule is CCC(CO)Cc1c(C)cc(C(C)(C)C)cc1C. The molecule has 102 valence electrons. The van der Waals surface area contributed by atoms with E-state index in [0.717, 1.165) is 12.8 Å². The second-order valence-corrected chi connectivity index (χ2v) is 6.50. The first kappa shape index (κ1) is 15.2. The molecule has 0 saturated carbocycles. The molecule has 1 atom stereocenters. The van der Waals surface area contributed by atoms with E-state index in [4.69, 9.17) is 0 Å². The molecule has 0 aliphatic carbocycles.